The summed E-state index contributed by atoms with van der Waals surface area (Å²) in [6.07, 6.45) is 4.53. The molecule has 1 saturated heterocycles. The van der Waals surface area contributed by atoms with Crippen molar-refractivity contribution in [1.82, 2.24) is 0 Å². The quantitative estimate of drug-likeness (QED) is 0.395. The average Bonchev–Trinajstić information content (AvgIpc) is 2.88. The van der Waals surface area contributed by atoms with Gasteiger partial charge in [0.15, 0.2) is 0 Å². The Morgan fingerprint density at radius 2 is 2.29 bits per heavy atom. The van der Waals surface area contributed by atoms with Crippen LogP contribution in [0.3, 0.4) is 0 Å². The lowest BCUT2D eigenvalue weighted by Gasteiger charge is -2.28. The Kier molecular flexibility index (Phi) is 1.97. The minimum Gasteiger partial charge on any atom is -0.465 e. The molecule has 0 aromatic heterocycles. The van der Waals surface area contributed by atoms with Gasteiger partial charge in [-0.25, -0.2) is 0 Å². The number of allylic oxidation sites excluding steroid dienone is 1. The van der Waals surface area contributed by atoms with Gasteiger partial charge in [-0.1, -0.05) is 12.2 Å². The molecule has 0 aromatic carbocycles. The van der Waals surface area contributed by atoms with Crippen molar-refractivity contribution >= 4 is 17.9 Å². The average molecular weight is 236 g/mol. The minimum atomic E-state index is -0.524. The van der Waals surface area contributed by atoms with Crippen molar-refractivity contribution in [3.63, 3.8) is 0 Å². The molecule has 1 aliphatic heterocycles. The van der Waals surface area contributed by atoms with Crippen molar-refractivity contribution in [2.45, 2.75) is 13.3 Å². The molecule has 2 aliphatic carbocycles. The first-order valence-corrected chi connectivity index (χ1v) is 5.62. The molecule has 4 atom stereocenters. The number of esters is 3. The number of hydrogen-bond donors (Lipinski definition) is 0. The number of fused-ring (bicyclic) bond motifs is 5. The molecule has 0 aromatic rings. The SMILES string of the molecule is CC(=O)OCC12C=CC(C1)C1C(=O)OC(=O)C12. The van der Waals surface area contributed by atoms with E-state index in [9.17, 15) is 14.4 Å². The molecule has 5 nitrogen and oxygen atoms in total. The second-order valence-electron chi connectivity index (χ2n) is 4.98. The predicted octanol–water partition coefficient (Wildman–Crippen LogP) is 0.441. The summed E-state index contributed by atoms with van der Waals surface area (Å²) in [5.74, 6) is -2.07. The molecule has 1 saturated carbocycles. The van der Waals surface area contributed by atoms with Crippen LogP contribution in [0.1, 0.15) is 13.3 Å². The maximum atomic E-state index is 11.7. The first-order chi connectivity index (χ1) is 8.03. The molecular weight excluding hydrogens is 224 g/mol. The van der Waals surface area contributed by atoms with Crippen molar-refractivity contribution in [2.75, 3.05) is 6.61 Å². The Labute approximate surface area is 97.8 Å². The van der Waals surface area contributed by atoms with Crippen LogP contribution < -0.4 is 0 Å². The molecule has 17 heavy (non-hydrogen) atoms. The standard InChI is InChI=1S/C12H12O5/c1-6(13)16-5-12-3-2-7(4-12)8-9(12)11(15)17-10(8)14/h2-3,7-9H,4-5H2,1H3. The number of carbonyl (C=O) groups excluding carboxylic acids is 3. The maximum Gasteiger partial charge on any atom is 0.318 e. The van der Waals surface area contributed by atoms with Crippen molar-refractivity contribution in [3.05, 3.63) is 12.2 Å². The van der Waals surface area contributed by atoms with Gasteiger partial charge < -0.3 is 9.47 Å². The molecule has 3 rings (SSSR count). The normalized spacial score (nSPS) is 41.6. The second-order valence-corrected chi connectivity index (χ2v) is 4.98. The van der Waals surface area contributed by atoms with E-state index in [0.29, 0.717) is 6.42 Å². The molecule has 90 valence electrons. The Balaban J connectivity index is 1.91. The fourth-order valence-corrected chi connectivity index (χ4v) is 3.33. The van der Waals surface area contributed by atoms with Crippen LogP contribution in [0.4, 0.5) is 0 Å². The summed E-state index contributed by atoms with van der Waals surface area (Å²) >= 11 is 0. The van der Waals surface area contributed by atoms with Gasteiger partial charge >= 0.3 is 17.9 Å². The lowest BCUT2D eigenvalue weighted by Crippen LogP contribution is -2.35. The van der Waals surface area contributed by atoms with Gasteiger partial charge in [0.25, 0.3) is 0 Å². The van der Waals surface area contributed by atoms with Gasteiger partial charge in [0, 0.05) is 12.3 Å². The molecule has 0 N–H and O–H groups in total. The first kappa shape index (κ1) is 10.5. The van der Waals surface area contributed by atoms with Gasteiger partial charge in [-0.3, -0.25) is 14.4 Å². The lowest BCUT2D eigenvalue weighted by molar-refractivity contribution is -0.157. The number of cyclic esters (lactones) is 2. The van der Waals surface area contributed by atoms with Crippen molar-refractivity contribution in [2.24, 2.45) is 23.2 Å². The number of ether oxygens (including phenoxy) is 2. The van der Waals surface area contributed by atoms with E-state index in [0.717, 1.165) is 0 Å². The van der Waals surface area contributed by atoms with Crippen molar-refractivity contribution in [3.8, 4) is 0 Å². The van der Waals surface area contributed by atoms with E-state index in [1.807, 2.05) is 12.2 Å². The fourth-order valence-electron chi connectivity index (χ4n) is 3.33. The molecule has 2 bridgehead atoms. The molecule has 2 fully saturated rings. The van der Waals surface area contributed by atoms with Crippen LogP contribution in [0.2, 0.25) is 0 Å². The smallest absolute Gasteiger partial charge is 0.318 e. The highest BCUT2D eigenvalue weighted by molar-refractivity contribution is 5.98. The summed E-state index contributed by atoms with van der Waals surface area (Å²) in [6, 6.07) is 0. The van der Waals surface area contributed by atoms with Gasteiger partial charge in [0.1, 0.15) is 6.61 Å². The largest absolute Gasteiger partial charge is 0.465 e. The Bertz CT molecular complexity index is 452. The van der Waals surface area contributed by atoms with E-state index >= 15 is 0 Å². The third-order valence-corrected chi connectivity index (χ3v) is 4.00. The van der Waals surface area contributed by atoms with Gasteiger partial charge in [0.05, 0.1) is 11.8 Å². The zero-order valence-corrected chi connectivity index (χ0v) is 9.34. The Morgan fingerprint density at radius 3 is 3.00 bits per heavy atom. The van der Waals surface area contributed by atoms with Gasteiger partial charge in [0.2, 0.25) is 0 Å². The molecule has 0 radical (unpaired) electrons. The van der Waals surface area contributed by atoms with Crippen LogP contribution in [0.15, 0.2) is 12.2 Å². The van der Waals surface area contributed by atoms with E-state index in [-0.39, 0.29) is 24.4 Å². The third-order valence-electron chi connectivity index (χ3n) is 4.00. The Morgan fingerprint density at radius 1 is 1.53 bits per heavy atom. The molecule has 4 unspecified atom stereocenters. The van der Waals surface area contributed by atoms with Crippen LogP contribution in [-0.4, -0.2) is 24.5 Å². The number of hydrogen-bond acceptors (Lipinski definition) is 5. The number of rotatable bonds is 2. The summed E-state index contributed by atoms with van der Waals surface area (Å²) in [6.45, 7) is 1.48. The third kappa shape index (κ3) is 1.28. The zero-order chi connectivity index (χ0) is 12.2. The molecule has 0 amide bonds. The summed E-state index contributed by atoms with van der Waals surface area (Å²) in [7, 11) is 0. The van der Waals surface area contributed by atoms with Gasteiger partial charge in [-0.15, -0.1) is 0 Å². The van der Waals surface area contributed by atoms with E-state index in [2.05, 4.69) is 4.74 Å². The minimum absolute atomic E-state index is 0.0505. The first-order valence-electron chi connectivity index (χ1n) is 5.62. The van der Waals surface area contributed by atoms with Crippen LogP contribution in [0, 0.1) is 23.2 Å². The van der Waals surface area contributed by atoms with Gasteiger partial charge in [-0.05, 0) is 12.3 Å². The highest BCUT2D eigenvalue weighted by atomic mass is 16.6. The summed E-state index contributed by atoms with van der Waals surface area (Å²) in [5.41, 5.74) is -0.524. The van der Waals surface area contributed by atoms with E-state index in [4.69, 9.17) is 4.74 Å². The van der Waals surface area contributed by atoms with Crippen LogP contribution in [0.5, 0.6) is 0 Å². The molecule has 3 aliphatic rings. The van der Waals surface area contributed by atoms with Crippen molar-refractivity contribution < 1.29 is 23.9 Å². The predicted molar refractivity (Wildman–Crippen MR) is 54.4 cm³/mol. The highest BCUT2D eigenvalue weighted by Crippen LogP contribution is 2.59. The van der Waals surface area contributed by atoms with E-state index in [1.54, 1.807) is 0 Å². The van der Waals surface area contributed by atoms with E-state index < -0.39 is 23.3 Å². The van der Waals surface area contributed by atoms with Gasteiger partial charge in [-0.2, -0.15) is 0 Å². The fraction of sp³-hybridized carbons (Fsp3) is 0.583. The molecule has 0 spiro atoms. The van der Waals surface area contributed by atoms with E-state index in [1.165, 1.54) is 6.92 Å². The zero-order valence-electron chi connectivity index (χ0n) is 9.34. The Hall–Kier alpha value is -1.65. The lowest BCUT2D eigenvalue weighted by atomic mass is 9.75. The van der Waals surface area contributed by atoms with Crippen LogP contribution in [0.25, 0.3) is 0 Å². The summed E-state index contributed by atoms with van der Waals surface area (Å²) in [4.78, 5) is 34.1. The summed E-state index contributed by atoms with van der Waals surface area (Å²) in [5, 5.41) is 0. The summed E-state index contributed by atoms with van der Waals surface area (Å²) < 4.78 is 9.71. The molecule has 1 heterocycles. The highest BCUT2D eigenvalue weighted by Gasteiger charge is 2.65. The second kappa shape index (κ2) is 3.18. The molecule has 5 heteroatoms. The van der Waals surface area contributed by atoms with Crippen molar-refractivity contribution in [1.29, 1.82) is 0 Å². The molecular formula is C12H12O5. The van der Waals surface area contributed by atoms with Crippen LogP contribution >= 0.6 is 0 Å². The monoisotopic (exact) mass is 236 g/mol. The van der Waals surface area contributed by atoms with Crippen LogP contribution in [-0.2, 0) is 23.9 Å². The topological polar surface area (TPSA) is 69.7 Å². The number of carbonyl (C=O) groups is 3. The maximum absolute atomic E-state index is 11.7.